The second-order valence-corrected chi connectivity index (χ2v) is 24.2. The molecule has 0 aromatic carbocycles. The van der Waals surface area contributed by atoms with Gasteiger partial charge in [0, 0.05) is 6.42 Å². The third-order valence-corrected chi connectivity index (χ3v) is 15.0. The van der Waals surface area contributed by atoms with Gasteiger partial charge in [-0.3, -0.25) is 9.36 Å². The number of hydrogen-bond donors (Lipinski definition) is 2. The Morgan fingerprint density at radius 3 is 1.14 bits per heavy atom. The van der Waals surface area contributed by atoms with Crippen molar-refractivity contribution in [2.75, 3.05) is 40.9 Å². The van der Waals surface area contributed by atoms with E-state index in [1.807, 2.05) is 21.1 Å². The summed E-state index contributed by atoms with van der Waals surface area (Å²) < 4.78 is 23.5. The van der Waals surface area contributed by atoms with Crippen molar-refractivity contribution in [1.82, 2.24) is 5.32 Å². The Morgan fingerprint density at radius 2 is 0.782 bits per heavy atom. The van der Waals surface area contributed by atoms with Crippen LogP contribution >= 0.6 is 7.82 Å². The summed E-state index contributed by atoms with van der Waals surface area (Å²) in [6.45, 7) is 4.62. The Labute approximate surface area is 482 Å². The number of rotatable bonds is 58. The lowest BCUT2D eigenvalue weighted by molar-refractivity contribution is -0.870. The van der Waals surface area contributed by atoms with E-state index in [1.54, 1.807) is 0 Å². The van der Waals surface area contributed by atoms with E-state index in [1.165, 1.54) is 141 Å². The molecule has 0 rings (SSSR count). The van der Waals surface area contributed by atoms with Crippen molar-refractivity contribution in [1.29, 1.82) is 0 Å². The largest absolute Gasteiger partial charge is 0.756 e. The number of phosphoric acid groups is 1. The molecule has 0 saturated carbocycles. The maximum Gasteiger partial charge on any atom is 0.268 e. The summed E-state index contributed by atoms with van der Waals surface area (Å²) >= 11 is 0. The highest BCUT2D eigenvalue weighted by atomic mass is 31.2. The fraction of sp³-hybridized carbons (Fsp3) is 0.725. The summed E-state index contributed by atoms with van der Waals surface area (Å²) in [6.07, 6.45) is 85.6. The van der Waals surface area contributed by atoms with Gasteiger partial charge in [0.05, 0.1) is 39.9 Å². The lowest BCUT2D eigenvalue weighted by Gasteiger charge is -2.30. The van der Waals surface area contributed by atoms with Crippen molar-refractivity contribution in [2.24, 2.45) is 0 Å². The summed E-state index contributed by atoms with van der Waals surface area (Å²) in [5.41, 5.74) is 0. The number of nitrogens with zero attached hydrogens (tertiary/aromatic N) is 1. The first-order chi connectivity index (χ1) is 38.0. The highest BCUT2D eigenvalue weighted by Gasteiger charge is 2.24. The molecule has 450 valence electrons. The van der Waals surface area contributed by atoms with Gasteiger partial charge in [-0.05, 0) is 83.5 Å². The molecule has 9 heteroatoms. The second-order valence-electron chi connectivity index (χ2n) is 22.7. The zero-order chi connectivity index (χ0) is 57.0. The van der Waals surface area contributed by atoms with E-state index < -0.39 is 20.0 Å². The molecule has 3 atom stereocenters. The first-order valence-electron chi connectivity index (χ1n) is 32.2. The number of aliphatic hydroxyl groups is 1. The standard InChI is InChI=1S/C69H123N2O6P/c1-6-8-10-12-14-16-18-20-22-24-26-27-28-29-30-31-32-33-34-35-36-37-38-39-40-41-42-43-45-47-49-51-53-55-57-59-61-63-69(73)70-67(66-77-78(74,75)76-65-64-71(3,4)5)68(72)62-60-58-56-54-52-50-48-46-44-25-23-21-19-17-15-13-11-9-7-2/h8,10,14,16,20,22,26-27,29-30,32-33,35-36,38-39,41-42,67-68,72H,6-7,9,11-13,15,17-19,21,23-25,28,31,34,37,40,43-66H2,1-5H3,(H-,70,73,74,75)/b10-8-,16-14-,22-20-,27-26-,30-29-,33-32-,36-35-,39-38-,42-41-. The molecule has 0 aliphatic heterocycles. The van der Waals surface area contributed by atoms with Gasteiger partial charge in [0.2, 0.25) is 5.91 Å². The Morgan fingerprint density at radius 1 is 0.462 bits per heavy atom. The molecule has 0 spiro atoms. The first kappa shape index (κ1) is 75.2. The van der Waals surface area contributed by atoms with E-state index in [-0.39, 0.29) is 19.1 Å². The van der Waals surface area contributed by atoms with Gasteiger partial charge in [-0.15, -0.1) is 0 Å². The van der Waals surface area contributed by atoms with Crippen molar-refractivity contribution in [3.05, 3.63) is 109 Å². The maximum absolute atomic E-state index is 13.0. The van der Waals surface area contributed by atoms with Crippen LogP contribution in [0.4, 0.5) is 0 Å². The zero-order valence-corrected chi connectivity index (χ0v) is 52.2. The predicted molar refractivity (Wildman–Crippen MR) is 339 cm³/mol. The molecule has 1 amide bonds. The number of carbonyl (C=O) groups is 1. The summed E-state index contributed by atoms with van der Waals surface area (Å²) in [7, 11) is 1.29. The molecule has 0 aromatic rings. The Hall–Kier alpha value is -2.84. The molecule has 0 fully saturated rings. The summed E-state index contributed by atoms with van der Waals surface area (Å²) in [5, 5.41) is 14.0. The van der Waals surface area contributed by atoms with Gasteiger partial charge < -0.3 is 28.8 Å². The fourth-order valence-corrected chi connectivity index (χ4v) is 9.76. The molecular formula is C69H123N2O6P. The molecule has 0 aromatic heterocycles. The number of likely N-dealkylation sites (N-methyl/N-ethyl adjacent to an activating group) is 1. The smallest absolute Gasteiger partial charge is 0.268 e. The second kappa shape index (κ2) is 58.8. The zero-order valence-electron chi connectivity index (χ0n) is 51.3. The normalized spacial score (nSPS) is 14.5. The molecule has 3 unspecified atom stereocenters. The molecule has 8 nitrogen and oxygen atoms in total. The van der Waals surface area contributed by atoms with Gasteiger partial charge in [-0.2, -0.15) is 0 Å². The molecular weight excluding hydrogens is 984 g/mol. The molecule has 0 aliphatic carbocycles. The number of unbranched alkanes of at least 4 members (excludes halogenated alkanes) is 27. The minimum atomic E-state index is -4.58. The van der Waals surface area contributed by atoms with Gasteiger partial charge in [0.15, 0.2) is 0 Å². The summed E-state index contributed by atoms with van der Waals surface area (Å²) in [6, 6.07) is -0.812. The molecule has 0 saturated heterocycles. The molecule has 0 radical (unpaired) electrons. The number of phosphoric ester groups is 1. The summed E-state index contributed by atoms with van der Waals surface area (Å²) in [5.74, 6) is -0.173. The molecule has 2 N–H and O–H groups in total. The van der Waals surface area contributed by atoms with Crippen LogP contribution in [-0.2, 0) is 18.4 Å². The molecule has 0 aliphatic rings. The number of allylic oxidation sites excluding steroid dienone is 18. The monoisotopic (exact) mass is 1110 g/mol. The van der Waals surface area contributed by atoms with Crippen molar-refractivity contribution in [3.63, 3.8) is 0 Å². The van der Waals surface area contributed by atoms with Crippen LogP contribution in [0.3, 0.4) is 0 Å². The lowest BCUT2D eigenvalue weighted by Crippen LogP contribution is -2.46. The van der Waals surface area contributed by atoms with Crippen LogP contribution in [0.25, 0.3) is 0 Å². The van der Waals surface area contributed by atoms with Crippen LogP contribution in [0.1, 0.15) is 271 Å². The minimum absolute atomic E-state index is 0.00658. The number of hydrogen-bond acceptors (Lipinski definition) is 6. The van der Waals surface area contributed by atoms with E-state index >= 15 is 0 Å². The van der Waals surface area contributed by atoms with Crippen LogP contribution in [-0.4, -0.2) is 68.5 Å². The van der Waals surface area contributed by atoms with E-state index in [9.17, 15) is 19.4 Å². The number of amides is 1. The van der Waals surface area contributed by atoms with Crippen molar-refractivity contribution >= 4 is 13.7 Å². The van der Waals surface area contributed by atoms with Crippen molar-refractivity contribution in [3.8, 4) is 0 Å². The third kappa shape index (κ3) is 60.8. The van der Waals surface area contributed by atoms with Crippen LogP contribution in [0.5, 0.6) is 0 Å². The van der Waals surface area contributed by atoms with E-state index in [2.05, 4.69) is 129 Å². The third-order valence-electron chi connectivity index (χ3n) is 14.0. The number of quaternary nitrogens is 1. The van der Waals surface area contributed by atoms with Crippen LogP contribution in [0.2, 0.25) is 0 Å². The topological polar surface area (TPSA) is 108 Å². The maximum atomic E-state index is 13.0. The number of carbonyl (C=O) groups excluding carboxylic acids is 1. The quantitative estimate of drug-likeness (QED) is 0.0272. The van der Waals surface area contributed by atoms with Crippen LogP contribution in [0, 0.1) is 0 Å². The van der Waals surface area contributed by atoms with Gasteiger partial charge in [-0.25, -0.2) is 0 Å². The van der Waals surface area contributed by atoms with E-state index in [0.29, 0.717) is 23.9 Å². The summed E-state index contributed by atoms with van der Waals surface area (Å²) in [4.78, 5) is 25.6. The van der Waals surface area contributed by atoms with Crippen LogP contribution < -0.4 is 10.2 Å². The molecule has 0 bridgehead atoms. The van der Waals surface area contributed by atoms with Crippen molar-refractivity contribution in [2.45, 2.75) is 283 Å². The van der Waals surface area contributed by atoms with Gasteiger partial charge >= 0.3 is 0 Å². The van der Waals surface area contributed by atoms with Gasteiger partial charge in [-0.1, -0.05) is 290 Å². The highest BCUT2D eigenvalue weighted by Crippen LogP contribution is 2.38. The number of aliphatic hydroxyl groups excluding tert-OH is 1. The Kier molecular flexibility index (Phi) is 56.7. The predicted octanol–water partition coefficient (Wildman–Crippen LogP) is 19.7. The number of nitrogens with one attached hydrogen (secondary N) is 1. The minimum Gasteiger partial charge on any atom is -0.756 e. The average Bonchev–Trinajstić information content (AvgIpc) is 3.41. The van der Waals surface area contributed by atoms with Gasteiger partial charge in [0.1, 0.15) is 13.2 Å². The first-order valence-corrected chi connectivity index (χ1v) is 33.7. The lowest BCUT2D eigenvalue weighted by atomic mass is 10.0. The fourth-order valence-electron chi connectivity index (χ4n) is 9.03. The van der Waals surface area contributed by atoms with E-state index in [4.69, 9.17) is 9.05 Å². The van der Waals surface area contributed by atoms with Crippen molar-refractivity contribution < 1.29 is 32.9 Å². The average molecular weight is 1110 g/mol. The SMILES string of the molecule is CC/C=C\C/C=C\C/C=C\C/C=C\C/C=C\C/C=C\C/C=C\C/C=C\C/C=C\CCCCCCCCCCCC(=O)NC(COP(=O)([O-])OCC[N+](C)(C)C)C(O)CCCCCCCCCCCCCCCCCCCCC. The molecule has 78 heavy (non-hydrogen) atoms. The molecule has 0 heterocycles. The highest BCUT2D eigenvalue weighted by molar-refractivity contribution is 7.45. The van der Waals surface area contributed by atoms with Gasteiger partial charge in [0.25, 0.3) is 7.82 Å². The Bertz CT molecular complexity index is 1640. The van der Waals surface area contributed by atoms with E-state index in [0.717, 1.165) is 103 Å². The Balaban J connectivity index is 4.12. The van der Waals surface area contributed by atoms with Crippen LogP contribution in [0.15, 0.2) is 109 Å².